The van der Waals surface area contributed by atoms with Crippen LogP contribution in [-0.4, -0.2) is 47.5 Å². The first-order valence-corrected chi connectivity index (χ1v) is 9.64. The Morgan fingerprint density at radius 2 is 1.36 bits per heavy atom. The van der Waals surface area contributed by atoms with Crippen LogP contribution in [0.15, 0.2) is 53.8 Å². The van der Waals surface area contributed by atoms with Gasteiger partial charge in [0, 0.05) is 22.3 Å². The number of fused-ring (bicyclic) bond motifs is 2. The van der Waals surface area contributed by atoms with E-state index in [2.05, 4.69) is 36.1 Å². The molecule has 4 aromatic heterocycles. The standard InChI is InChI=1S/C12H16BN3O2.C6H4BrN3/c1-11(2)12(3,4)18-13(17-11)9-5-6-10-14-8-15-16(10)7-9;7-5-1-2-6-8-4-9-10(6)3-5/h5-8H,1-4H3;1-4H. The molecule has 0 saturated carbocycles. The van der Waals surface area contributed by atoms with Crippen LogP contribution >= 0.6 is 15.9 Å². The fraction of sp³-hybridized carbons (Fsp3) is 0.333. The largest absolute Gasteiger partial charge is 0.496 e. The molecule has 10 heteroatoms. The molecule has 0 unspecified atom stereocenters. The summed E-state index contributed by atoms with van der Waals surface area (Å²) in [5.74, 6) is 0. The van der Waals surface area contributed by atoms with Crippen LogP contribution in [-0.2, 0) is 9.31 Å². The molecule has 0 spiro atoms. The summed E-state index contributed by atoms with van der Waals surface area (Å²) in [5.41, 5.74) is 1.98. The molecule has 8 nitrogen and oxygen atoms in total. The Labute approximate surface area is 171 Å². The highest BCUT2D eigenvalue weighted by molar-refractivity contribution is 9.10. The van der Waals surface area contributed by atoms with E-state index in [1.165, 1.54) is 12.7 Å². The van der Waals surface area contributed by atoms with Gasteiger partial charge < -0.3 is 9.31 Å². The van der Waals surface area contributed by atoms with Crippen LogP contribution in [0.4, 0.5) is 0 Å². The smallest absolute Gasteiger partial charge is 0.399 e. The van der Waals surface area contributed by atoms with Crippen LogP contribution in [0.3, 0.4) is 0 Å². The summed E-state index contributed by atoms with van der Waals surface area (Å²) >= 11 is 3.33. The third-order valence-corrected chi connectivity index (χ3v) is 5.53. The Hall–Kier alpha value is -2.30. The predicted molar refractivity (Wildman–Crippen MR) is 109 cm³/mol. The molecule has 0 radical (unpaired) electrons. The molecule has 1 aliphatic heterocycles. The maximum Gasteiger partial charge on any atom is 0.496 e. The second-order valence-corrected chi connectivity index (χ2v) is 8.44. The number of halogens is 1. The number of pyridine rings is 2. The van der Waals surface area contributed by atoms with Crippen LogP contribution in [0.2, 0.25) is 0 Å². The van der Waals surface area contributed by atoms with Crippen molar-refractivity contribution in [3.8, 4) is 0 Å². The number of aromatic nitrogens is 6. The van der Waals surface area contributed by atoms with Gasteiger partial charge in [-0.3, -0.25) is 0 Å². The van der Waals surface area contributed by atoms with E-state index in [1.54, 1.807) is 9.03 Å². The van der Waals surface area contributed by atoms with E-state index in [0.29, 0.717) is 0 Å². The number of rotatable bonds is 1. The van der Waals surface area contributed by atoms with Crippen molar-refractivity contribution in [1.29, 1.82) is 0 Å². The van der Waals surface area contributed by atoms with Crippen molar-refractivity contribution in [3.63, 3.8) is 0 Å². The van der Waals surface area contributed by atoms with E-state index in [0.717, 1.165) is 21.2 Å². The highest BCUT2D eigenvalue weighted by Gasteiger charge is 2.51. The molecule has 144 valence electrons. The lowest BCUT2D eigenvalue weighted by Gasteiger charge is -2.32. The second-order valence-electron chi connectivity index (χ2n) is 7.52. The van der Waals surface area contributed by atoms with Gasteiger partial charge in [0.05, 0.1) is 11.2 Å². The van der Waals surface area contributed by atoms with Crippen molar-refractivity contribution in [2.45, 2.75) is 38.9 Å². The van der Waals surface area contributed by atoms with Gasteiger partial charge in [-0.15, -0.1) is 0 Å². The van der Waals surface area contributed by atoms with Gasteiger partial charge in [0.25, 0.3) is 0 Å². The molecular weight excluding hydrogens is 423 g/mol. The lowest BCUT2D eigenvalue weighted by molar-refractivity contribution is 0.00578. The molecule has 1 saturated heterocycles. The Bertz CT molecular complexity index is 1110. The average molecular weight is 443 g/mol. The van der Waals surface area contributed by atoms with Crippen LogP contribution in [0.25, 0.3) is 11.3 Å². The van der Waals surface area contributed by atoms with Gasteiger partial charge in [0.15, 0.2) is 11.3 Å². The molecule has 1 aliphatic rings. The minimum atomic E-state index is -0.358. The summed E-state index contributed by atoms with van der Waals surface area (Å²) in [6, 6.07) is 7.71. The maximum atomic E-state index is 5.99. The first kappa shape index (κ1) is 19.0. The van der Waals surface area contributed by atoms with Gasteiger partial charge in [-0.2, -0.15) is 10.2 Å². The second kappa shape index (κ2) is 6.95. The minimum absolute atomic E-state index is 0.324. The van der Waals surface area contributed by atoms with E-state index >= 15 is 0 Å². The fourth-order valence-electron chi connectivity index (χ4n) is 2.74. The quantitative estimate of drug-likeness (QED) is 0.421. The molecule has 0 atom stereocenters. The third kappa shape index (κ3) is 3.55. The lowest BCUT2D eigenvalue weighted by atomic mass is 9.80. The Morgan fingerprint density at radius 1 is 0.821 bits per heavy atom. The molecule has 0 amide bonds. The highest BCUT2D eigenvalue weighted by Crippen LogP contribution is 2.36. The van der Waals surface area contributed by atoms with Gasteiger partial charge in [0.1, 0.15) is 12.7 Å². The van der Waals surface area contributed by atoms with Crippen molar-refractivity contribution in [3.05, 3.63) is 53.8 Å². The van der Waals surface area contributed by atoms with Gasteiger partial charge in [-0.1, -0.05) is 6.07 Å². The normalized spacial score (nSPS) is 17.7. The topological polar surface area (TPSA) is 78.8 Å². The molecule has 5 heterocycles. The monoisotopic (exact) mass is 442 g/mol. The van der Waals surface area contributed by atoms with Gasteiger partial charge in [0.2, 0.25) is 0 Å². The third-order valence-electron chi connectivity index (χ3n) is 5.06. The molecule has 4 aromatic rings. The summed E-state index contributed by atoms with van der Waals surface area (Å²) in [4.78, 5) is 8.10. The number of nitrogens with zero attached hydrogens (tertiary/aromatic N) is 6. The van der Waals surface area contributed by atoms with Gasteiger partial charge >= 0.3 is 7.12 Å². The van der Waals surface area contributed by atoms with Crippen molar-refractivity contribution in [1.82, 2.24) is 29.2 Å². The van der Waals surface area contributed by atoms with Crippen LogP contribution < -0.4 is 5.46 Å². The van der Waals surface area contributed by atoms with Crippen LogP contribution in [0.5, 0.6) is 0 Å². The predicted octanol–water partition coefficient (Wildman–Crippen LogP) is 2.52. The van der Waals surface area contributed by atoms with E-state index < -0.39 is 0 Å². The SMILES string of the molecule is Brc1ccc2ncnn2c1.CC1(C)OB(c2ccc3ncnn3c2)OC1(C)C. The van der Waals surface area contributed by atoms with E-state index in [9.17, 15) is 0 Å². The van der Waals surface area contributed by atoms with E-state index in [1.807, 2.05) is 64.4 Å². The summed E-state index contributed by atoms with van der Waals surface area (Å²) in [5, 5.41) is 8.07. The number of hydrogen-bond donors (Lipinski definition) is 0. The van der Waals surface area contributed by atoms with Crippen molar-refractivity contribution in [2.75, 3.05) is 0 Å². The zero-order valence-corrected chi connectivity index (χ0v) is 17.7. The molecule has 5 rings (SSSR count). The Kier molecular flexibility index (Phi) is 4.72. The number of hydrogen-bond acceptors (Lipinski definition) is 6. The Balaban J connectivity index is 0.000000162. The van der Waals surface area contributed by atoms with Crippen molar-refractivity contribution in [2.24, 2.45) is 0 Å². The molecule has 1 fully saturated rings. The molecular formula is C18H20BBrN6O2. The molecule has 0 N–H and O–H groups in total. The first-order valence-electron chi connectivity index (χ1n) is 8.85. The average Bonchev–Trinajstić information content (AvgIpc) is 3.32. The van der Waals surface area contributed by atoms with Crippen molar-refractivity contribution < 1.29 is 9.31 Å². The summed E-state index contributed by atoms with van der Waals surface area (Å²) in [7, 11) is -0.358. The summed E-state index contributed by atoms with van der Waals surface area (Å²) in [6.45, 7) is 8.17. The highest BCUT2D eigenvalue weighted by atomic mass is 79.9. The summed E-state index contributed by atoms with van der Waals surface area (Å²) < 4.78 is 16.4. The molecule has 28 heavy (non-hydrogen) atoms. The molecule has 0 aromatic carbocycles. The van der Waals surface area contributed by atoms with Crippen LogP contribution in [0.1, 0.15) is 27.7 Å². The molecule has 0 bridgehead atoms. The zero-order chi connectivity index (χ0) is 19.9. The van der Waals surface area contributed by atoms with E-state index in [-0.39, 0.29) is 18.3 Å². The fourth-order valence-corrected chi connectivity index (χ4v) is 3.07. The first-order chi connectivity index (χ1) is 13.2. The summed E-state index contributed by atoms with van der Waals surface area (Å²) in [6.07, 6.45) is 6.82. The molecule has 0 aliphatic carbocycles. The van der Waals surface area contributed by atoms with Gasteiger partial charge in [-0.25, -0.2) is 19.0 Å². The zero-order valence-electron chi connectivity index (χ0n) is 16.1. The van der Waals surface area contributed by atoms with Crippen molar-refractivity contribution >= 4 is 39.8 Å². The Morgan fingerprint density at radius 3 is 1.96 bits per heavy atom. The van der Waals surface area contributed by atoms with E-state index in [4.69, 9.17) is 9.31 Å². The maximum absolute atomic E-state index is 5.99. The van der Waals surface area contributed by atoms with Crippen LogP contribution in [0, 0.1) is 0 Å². The minimum Gasteiger partial charge on any atom is -0.399 e. The van der Waals surface area contributed by atoms with Gasteiger partial charge in [-0.05, 0) is 61.8 Å². The lowest BCUT2D eigenvalue weighted by Crippen LogP contribution is -2.41.